The summed E-state index contributed by atoms with van der Waals surface area (Å²) in [6.45, 7) is 10.6. The minimum Gasteiger partial charge on any atom is -0.481 e. The van der Waals surface area contributed by atoms with Crippen molar-refractivity contribution in [2.24, 2.45) is 23.3 Å². The molecule has 3 saturated heterocycles. The number of thioether (sulfide) groups is 1. The van der Waals surface area contributed by atoms with Crippen LogP contribution in [-0.2, 0) is 52.7 Å². The van der Waals surface area contributed by atoms with Crippen LogP contribution in [0.1, 0.15) is 125 Å². The van der Waals surface area contributed by atoms with Gasteiger partial charge in [-0.25, -0.2) is 4.79 Å². The second-order valence-electron chi connectivity index (χ2n) is 20.6. The van der Waals surface area contributed by atoms with Gasteiger partial charge in [-0.05, 0) is 121 Å². The lowest BCUT2D eigenvalue weighted by atomic mass is 10.0. The molecule has 9 amide bonds. The van der Waals surface area contributed by atoms with Crippen LogP contribution in [0.25, 0.3) is 0 Å². The minimum atomic E-state index is -1.73. The van der Waals surface area contributed by atoms with E-state index in [1.807, 2.05) is 27.7 Å². The fourth-order valence-corrected chi connectivity index (χ4v) is 10.0. The number of aliphatic hydroxyl groups excluding tert-OH is 1. The average molecular weight is 1080 g/mol. The molecule has 0 spiro atoms. The Morgan fingerprint density at radius 2 is 1.09 bits per heavy atom. The number of carbonyl (C=O) groups excluding carboxylic acids is 9. The number of nitrogens with one attached hydrogen (secondary N) is 6. The summed E-state index contributed by atoms with van der Waals surface area (Å²) >= 11 is 1.34. The molecule has 3 rings (SSSR count). The zero-order valence-corrected chi connectivity index (χ0v) is 45.3. The number of likely N-dealkylation sites (tertiary alicyclic amines) is 3. The molecule has 26 heteroatoms. The predicted molar refractivity (Wildman–Crippen MR) is 276 cm³/mol. The third kappa shape index (κ3) is 19.2. The molecule has 0 aromatic rings. The molecule has 11 atom stereocenters. The summed E-state index contributed by atoms with van der Waals surface area (Å²) in [5.74, 6) is -8.98. The van der Waals surface area contributed by atoms with E-state index in [1.165, 1.54) is 35.4 Å². The van der Waals surface area contributed by atoms with Crippen molar-refractivity contribution in [2.75, 3.05) is 38.2 Å². The van der Waals surface area contributed by atoms with Crippen molar-refractivity contribution in [3.05, 3.63) is 0 Å². The highest BCUT2D eigenvalue weighted by atomic mass is 32.2. The smallest absolute Gasteiger partial charge is 0.326 e. The quantitative estimate of drug-likeness (QED) is 0.0351. The van der Waals surface area contributed by atoms with Gasteiger partial charge in [0.05, 0.1) is 18.6 Å². The highest BCUT2D eigenvalue weighted by Crippen LogP contribution is 2.27. The first-order valence-electron chi connectivity index (χ1n) is 26.1. The van der Waals surface area contributed by atoms with Gasteiger partial charge in [-0.15, -0.1) is 0 Å². The number of unbranched alkanes of at least 4 members (excludes halogenated alkanes) is 1. The minimum absolute atomic E-state index is 0.0193. The van der Waals surface area contributed by atoms with E-state index in [4.69, 9.17) is 11.5 Å². The van der Waals surface area contributed by atoms with Crippen molar-refractivity contribution in [1.29, 1.82) is 0 Å². The molecule has 0 bridgehead atoms. The molecular weight excluding hydrogens is 999 g/mol. The lowest BCUT2D eigenvalue weighted by Gasteiger charge is -2.34. The maximum atomic E-state index is 14.2. The second kappa shape index (κ2) is 30.8. The molecule has 0 aliphatic carbocycles. The molecule has 0 aromatic carbocycles. The fourth-order valence-electron chi connectivity index (χ4n) is 9.55. The first-order valence-corrected chi connectivity index (χ1v) is 27.5. The number of hydrogen-bond acceptors (Lipinski definition) is 15. The number of nitrogens with two attached hydrogens (primary N) is 2. The molecule has 3 aliphatic rings. The maximum absolute atomic E-state index is 14.2. The van der Waals surface area contributed by atoms with Crippen LogP contribution >= 0.6 is 11.8 Å². The summed E-state index contributed by atoms with van der Waals surface area (Å²) in [5, 5.41) is 45.8. The summed E-state index contributed by atoms with van der Waals surface area (Å²) in [6, 6.07) is -12.3. The predicted octanol–water partition coefficient (Wildman–Crippen LogP) is -1.87. The Balaban J connectivity index is 1.74. The molecular formula is C49H83N11O14S. The Bertz CT molecular complexity index is 2030. The number of aliphatic hydroxyl groups is 1. The van der Waals surface area contributed by atoms with Crippen molar-refractivity contribution < 1.29 is 68.1 Å². The number of amides is 9. The molecule has 13 N–H and O–H groups in total. The van der Waals surface area contributed by atoms with Crippen LogP contribution in [0, 0.1) is 11.8 Å². The fraction of sp³-hybridized carbons (Fsp3) is 0.776. The standard InChI is InChI=1S/C49H83N11O14S/c1-26(2)23-30(51)41(65)54-31(13-8-9-18-50)42(66)52-28(5)40(64)53-32(17-22-75-7)43(67)55-33(25-38(62)63)46(70)58-19-10-15-36(58)45(69)57-39(29(6)61)48(72)60-21-12-16-37(60)47(71)59-20-11-14-35(59)44(68)56-34(49(73)74)24-27(3)4/h26-37,39,61H,8-25,50-51H2,1-7H3,(H,52,66)(H,53,64)(H,54,65)(H,55,67)(H,56,68)(H,57,69)(H,62,63)(H,73,74)/t28-,29+,30-,31-,32-,33-,34-,35-,36-,37-,39-/m0/s1. The second-order valence-corrected chi connectivity index (χ2v) is 21.6. The lowest BCUT2D eigenvalue weighted by Crippen LogP contribution is -2.61. The largest absolute Gasteiger partial charge is 0.481 e. The van der Waals surface area contributed by atoms with E-state index < -0.39 is 138 Å². The Morgan fingerprint density at radius 1 is 0.587 bits per heavy atom. The molecule has 75 heavy (non-hydrogen) atoms. The van der Waals surface area contributed by atoms with Gasteiger partial charge in [0.25, 0.3) is 0 Å². The monoisotopic (exact) mass is 1080 g/mol. The molecule has 0 unspecified atom stereocenters. The van der Waals surface area contributed by atoms with E-state index in [0.717, 1.165) is 4.90 Å². The van der Waals surface area contributed by atoms with Crippen LogP contribution < -0.4 is 43.4 Å². The molecule has 25 nitrogen and oxygen atoms in total. The van der Waals surface area contributed by atoms with Gasteiger partial charge in [-0.2, -0.15) is 11.8 Å². The number of carboxylic acids is 2. The normalized spacial score (nSPS) is 20.7. The topological polar surface area (TPSA) is 382 Å². The Morgan fingerprint density at radius 3 is 1.64 bits per heavy atom. The van der Waals surface area contributed by atoms with Crippen LogP contribution in [0.2, 0.25) is 0 Å². The molecule has 3 fully saturated rings. The maximum Gasteiger partial charge on any atom is 0.326 e. The van der Waals surface area contributed by atoms with Crippen molar-refractivity contribution in [2.45, 2.75) is 192 Å². The van der Waals surface area contributed by atoms with Crippen molar-refractivity contribution in [3.63, 3.8) is 0 Å². The van der Waals surface area contributed by atoms with Crippen LogP contribution in [-0.4, -0.2) is 200 Å². The Hall–Kier alpha value is -5.60. The SMILES string of the molecule is CSCC[C@H](NC(=O)[C@H](C)NC(=O)[C@H](CCCCN)NC(=O)[C@@H](N)CC(C)C)C(=O)N[C@@H](CC(=O)O)C(=O)N1CCC[C@H]1C(=O)N[C@H](C(=O)N1CCC[C@H]1C(=O)N1CCC[C@H]1C(=O)N[C@@H](CC(C)C)C(=O)O)[C@@H](C)O. The highest BCUT2D eigenvalue weighted by molar-refractivity contribution is 7.98. The van der Waals surface area contributed by atoms with E-state index in [2.05, 4.69) is 31.9 Å². The Kier molecular flexibility index (Phi) is 26.2. The van der Waals surface area contributed by atoms with E-state index in [0.29, 0.717) is 44.4 Å². The summed E-state index contributed by atoms with van der Waals surface area (Å²) in [7, 11) is 0. The summed E-state index contributed by atoms with van der Waals surface area (Å²) < 4.78 is 0. The van der Waals surface area contributed by atoms with Crippen LogP contribution in [0.4, 0.5) is 0 Å². The van der Waals surface area contributed by atoms with Crippen LogP contribution in [0.3, 0.4) is 0 Å². The number of aliphatic carboxylic acids is 2. The van der Waals surface area contributed by atoms with Gasteiger partial charge in [-0.1, -0.05) is 27.7 Å². The third-order valence-corrected chi connectivity index (χ3v) is 14.1. The summed E-state index contributed by atoms with van der Waals surface area (Å²) in [4.78, 5) is 151. The number of hydrogen-bond donors (Lipinski definition) is 11. The zero-order chi connectivity index (χ0) is 56.3. The third-order valence-electron chi connectivity index (χ3n) is 13.5. The first kappa shape index (κ1) is 63.7. The van der Waals surface area contributed by atoms with Gasteiger partial charge in [0.2, 0.25) is 53.2 Å². The number of nitrogens with zero attached hydrogens (tertiary/aromatic N) is 3. The first-order chi connectivity index (χ1) is 35.3. The molecule has 0 aromatic heterocycles. The zero-order valence-electron chi connectivity index (χ0n) is 44.5. The Labute approximate surface area is 443 Å². The molecule has 424 valence electrons. The van der Waals surface area contributed by atoms with Gasteiger partial charge < -0.3 is 73.4 Å². The van der Waals surface area contributed by atoms with E-state index >= 15 is 0 Å². The van der Waals surface area contributed by atoms with E-state index in [1.54, 1.807) is 6.26 Å². The molecule has 3 heterocycles. The van der Waals surface area contributed by atoms with Gasteiger partial charge in [0.15, 0.2) is 0 Å². The van der Waals surface area contributed by atoms with Crippen LogP contribution in [0.15, 0.2) is 0 Å². The number of carbonyl (C=O) groups is 11. The molecule has 0 saturated carbocycles. The lowest BCUT2D eigenvalue weighted by molar-refractivity contribution is -0.150. The number of carboxylic acid groups (broad SMARTS) is 2. The molecule has 3 aliphatic heterocycles. The van der Waals surface area contributed by atoms with E-state index in [-0.39, 0.29) is 76.4 Å². The van der Waals surface area contributed by atoms with Gasteiger partial charge in [0, 0.05) is 19.6 Å². The van der Waals surface area contributed by atoms with Gasteiger partial charge >= 0.3 is 11.9 Å². The van der Waals surface area contributed by atoms with Gasteiger partial charge in [-0.3, -0.25) is 47.9 Å². The highest BCUT2D eigenvalue weighted by Gasteiger charge is 2.46. The number of rotatable bonds is 30. The van der Waals surface area contributed by atoms with Crippen molar-refractivity contribution in [3.8, 4) is 0 Å². The van der Waals surface area contributed by atoms with Gasteiger partial charge in [0.1, 0.15) is 54.4 Å². The summed E-state index contributed by atoms with van der Waals surface area (Å²) in [6.07, 6.45) is 2.81. The van der Waals surface area contributed by atoms with E-state index in [9.17, 15) is 68.1 Å². The van der Waals surface area contributed by atoms with Crippen molar-refractivity contribution >= 4 is 76.9 Å². The molecule has 0 radical (unpaired) electrons. The van der Waals surface area contributed by atoms with Crippen LogP contribution in [0.5, 0.6) is 0 Å². The van der Waals surface area contributed by atoms with Crippen molar-refractivity contribution in [1.82, 2.24) is 46.6 Å². The summed E-state index contributed by atoms with van der Waals surface area (Å²) in [5.41, 5.74) is 11.7. The average Bonchev–Trinajstić information content (AvgIpc) is 4.15.